The van der Waals surface area contributed by atoms with Gasteiger partial charge in [0, 0.05) is 5.56 Å². The van der Waals surface area contributed by atoms with Crippen LogP contribution in [0.4, 0.5) is 5.69 Å². The quantitative estimate of drug-likeness (QED) is 0.581. The first kappa shape index (κ1) is 19.2. The second-order valence-electron chi connectivity index (χ2n) is 5.59. The average molecular weight is 355 g/mol. The monoisotopic (exact) mass is 355 g/mol. The van der Waals surface area contributed by atoms with Crippen molar-refractivity contribution >= 4 is 23.3 Å². The number of para-hydroxylation sites is 2. The van der Waals surface area contributed by atoms with Crippen molar-refractivity contribution in [3.8, 4) is 5.75 Å². The number of carbonyl (C=O) groups is 3. The van der Waals surface area contributed by atoms with E-state index in [2.05, 4.69) is 5.32 Å². The van der Waals surface area contributed by atoms with Gasteiger partial charge in [-0.3, -0.25) is 9.59 Å². The van der Waals surface area contributed by atoms with E-state index in [1.807, 2.05) is 6.07 Å². The zero-order chi connectivity index (χ0) is 18.9. The summed E-state index contributed by atoms with van der Waals surface area (Å²) < 4.78 is 10.6. The van der Waals surface area contributed by atoms with E-state index < -0.39 is 24.6 Å². The van der Waals surface area contributed by atoms with Gasteiger partial charge in [0.1, 0.15) is 5.75 Å². The number of anilines is 1. The molecule has 0 heterocycles. The molecule has 1 N–H and O–H groups in total. The van der Waals surface area contributed by atoms with E-state index >= 15 is 0 Å². The highest BCUT2D eigenvalue weighted by molar-refractivity contribution is 6.04. The van der Waals surface area contributed by atoms with Crippen LogP contribution in [0.5, 0.6) is 5.75 Å². The lowest BCUT2D eigenvalue weighted by molar-refractivity contribution is -0.154. The van der Waals surface area contributed by atoms with Gasteiger partial charge >= 0.3 is 5.97 Å². The number of hydrogen-bond donors (Lipinski definition) is 1. The van der Waals surface area contributed by atoms with Crippen LogP contribution in [0.25, 0.3) is 0 Å². The molecule has 0 radical (unpaired) electrons. The summed E-state index contributed by atoms with van der Waals surface area (Å²) in [7, 11) is 0. The summed E-state index contributed by atoms with van der Waals surface area (Å²) in [5.74, 6) is -0.760. The molecule has 0 aromatic heterocycles. The van der Waals surface area contributed by atoms with Gasteiger partial charge in [-0.15, -0.1) is 0 Å². The SMILES string of the molecule is CC[C@@H](Oc1ccccc1)C(=O)OCC(=O)Nc1ccccc1C(C)=O. The molecule has 0 aliphatic carbocycles. The zero-order valence-electron chi connectivity index (χ0n) is 14.7. The highest BCUT2D eigenvalue weighted by atomic mass is 16.6. The summed E-state index contributed by atoms with van der Waals surface area (Å²) in [6.07, 6.45) is -0.391. The van der Waals surface area contributed by atoms with Crippen LogP contribution in [0.1, 0.15) is 30.6 Å². The van der Waals surface area contributed by atoms with Crippen molar-refractivity contribution in [2.45, 2.75) is 26.4 Å². The van der Waals surface area contributed by atoms with Crippen LogP contribution in [0.15, 0.2) is 54.6 Å². The normalized spacial score (nSPS) is 11.3. The number of esters is 1. The molecule has 6 nitrogen and oxygen atoms in total. The molecule has 0 fully saturated rings. The van der Waals surface area contributed by atoms with Crippen LogP contribution in [0, 0.1) is 0 Å². The number of amides is 1. The lowest BCUT2D eigenvalue weighted by Gasteiger charge is -2.16. The molecule has 1 atom stereocenters. The van der Waals surface area contributed by atoms with E-state index in [1.54, 1.807) is 55.5 Å². The summed E-state index contributed by atoms with van der Waals surface area (Å²) >= 11 is 0. The van der Waals surface area contributed by atoms with Crippen LogP contribution < -0.4 is 10.1 Å². The Kier molecular flexibility index (Phi) is 6.91. The maximum Gasteiger partial charge on any atom is 0.347 e. The van der Waals surface area contributed by atoms with Crippen molar-refractivity contribution in [1.29, 1.82) is 0 Å². The Labute approximate surface area is 152 Å². The van der Waals surface area contributed by atoms with Crippen LogP contribution in [0.3, 0.4) is 0 Å². The number of carbonyl (C=O) groups excluding carboxylic acids is 3. The van der Waals surface area contributed by atoms with Gasteiger partial charge in [0.05, 0.1) is 5.69 Å². The number of hydrogen-bond acceptors (Lipinski definition) is 5. The second kappa shape index (κ2) is 9.36. The Morgan fingerprint density at radius 1 is 1.00 bits per heavy atom. The summed E-state index contributed by atoms with van der Waals surface area (Å²) in [6.45, 7) is 2.75. The fourth-order valence-electron chi connectivity index (χ4n) is 2.28. The van der Waals surface area contributed by atoms with Gasteiger partial charge in [-0.25, -0.2) is 4.79 Å². The summed E-state index contributed by atoms with van der Waals surface area (Å²) in [6, 6.07) is 15.6. The minimum atomic E-state index is -0.797. The fourth-order valence-corrected chi connectivity index (χ4v) is 2.28. The topological polar surface area (TPSA) is 81.7 Å². The van der Waals surface area contributed by atoms with Gasteiger partial charge in [0.2, 0.25) is 0 Å². The number of benzene rings is 2. The van der Waals surface area contributed by atoms with E-state index in [0.29, 0.717) is 23.4 Å². The van der Waals surface area contributed by atoms with Gasteiger partial charge < -0.3 is 14.8 Å². The minimum absolute atomic E-state index is 0.166. The van der Waals surface area contributed by atoms with Crippen LogP contribution in [-0.4, -0.2) is 30.4 Å². The van der Waals surface area contributed by atoms with E-state index in [1.165, 1.54) is 6.92 Å². The summed E-state index contributed by atoms with van der Waals surface area (Å²) in [5, 5.41) is 2.58. The smallest absolute Gasteiger partial charge is 0.347 e. The first-order valence-corrected chi connectivity index (χ1v) is 8.29. The predicted octanol–water partition coefficient (Wildman–Crippen LogP) is 3.23. The molecule has 0 bridgehead atoms. The van der Waals surface area contributed by atoms with Gasteiger partial charge in [0.25, 0.3) is 5.91 Å². The molecule has 0 saturated carbocycles. The third kappa shape index (κ3) is 5.44. The molecular formula is C20H21NO5. The van der Waals surface area contributed by atoms with Gasteiger partial charge in [-0.05, 0) is 37.6 Å². The Balaban J connectivity index is 1.90. The molecule has 2 aromatic rings. The van der Waals surface area contributed by atoms with Crippen LogP contribution in [0.2, 0.25) is 0 Å². The maximum absolute atomic E-state index is 12.1. The number of rotatable bonds is 8. The highest BCUT2D eigenvalue weighted by Gasteiger charge is 2.21. The van der Waals surface area contributed by atoms with Crippen molar-refractivity contribution in [3.63, 3.8) is 0 Å². The molecule has 0 aliphatic rings. The molecule has 136 valence electrons. The third-order valence-electron chi connectivity index (χ3n) is 3.58. The lowest BCUT2D eigenvalue weighted by Crippen LogP contribution is -2.31. The van der Waals surface area contributed by atoms with Crippen molar-refractivity contribution in [2.75, 3.05) is 11.9 Å². The van der Waals surface area contributed by atoms with Crippen molar-refractivity contribution < 1.29 is 23.9 Å². The largest absolute Gasteiger partial charge is 0.479 e. The van der Waals surface area contributed by atoms with Gasteiger partial charge in [-0.1, -0.05) is 37.3 Å². The zero-order valence-corrected chi connectivity index (χ0v) is 14.7. The van der Waals surface area contributed by atoms with Crippen molar-refractivity contribution in [1.82, 2.24) is 0 Å². The number of Topliss-reactive ketones (excluding diaryl/α,β-unsaturated/α-hetero) is 1. The van der Waals surface area contributed by atoms with Crippen molar-refractivity contribution in [2.24, 2.45) is 0 Å². The Hall–Kier alpha value is -3.15. The van der Waals surface area contributed by atoms with Gasteiger partial charge in [0.15, 0.2) is 18.5 Å². The molecule has 26 heavy (non-hydrogen) atoms. The molecule has 0 unspecified atom stereocenters. The first-order chi connectivity index (χ1) is 12.5. The van der Waals surface area contributed by atoms with Crippen LogP contribution in [-0.2, 0) is 14.3 Å². The third-order valence-corrected chi connectivity index (χ3v) is 3.58. The molecule has 6 heteroatoms. The van der Waals surface area contributed by atoms with Crippen LogP contribution >= 0.6 is 0 Å². The summed E-state index contributed by atoms with van der Waals surface area (Å²) in [5.41, 5.74) is 0.777. The minimum Gasteiger partial charge on any atom is -0.479 e. The Bertz CT molecular complexity index is 773. The predicted molar refractivity (Wildman–Crippen MR) is 97.2 cm³/mol. The number of ketones is 1. The molecular weight excluding hydrogens is 334 g/mol. The Morgan fingerprint density at radius 2 is 1.65 bits per heavy atom. The van der Waals surface area contributed by atoms with E-state index in [0.717, 1.165) is 0 Å². The second-order valence-corrected chi connectivity index (χ2v) is 5.59. The lowest BCUT2D eigenvalue weighted by atomic mass is 10.1. The van der Waals surface area contributed by atoms with E-state index in [9.17, 15) is 14.4 Å². The van der Waals surface area contributed by atoms with Gasteiger partial charge in [-0.2, -0.15) is 0 Å². The fraction of sp³-hybridized carbons (Fsp3) is 0.250. The molecule has 0 spiro atoms. The molecule has 0 saturated heterocycles. The number of ether oxygens (including phenoxy) is 2. The van der Waals surface area contributed by atoms with E-state index in [-0.39, 0.29) is 5.78 Å². The molecule has 2 aromatic carbocycles. The molecule has 2 rings (SSSR count). The highest BCUT2D eigenvalue weighted by Crippen LogP contribution is 2.16. The summed E-state index contributed by atoms with van der Waals surface area (Å²) in [4.78, 5) is 35.7. The van der Waals surface area contributed by atoms with Crippen molar-refractivity contribution in [3.05, 3.63) is 60.2 Å². The molecule has 1 amide bonds. The number of nitrogens with one attached hydrogen (secondary N) is 1. The maximum atomic E-state index is 12.1. The van der Waals surface area contributed by atoms with E-state index in [4.69, 9.17) is 9.47 Å². The standard InChI is InChI=1S/C20H21NO5/c1-3-18(26-15-9-5-4-6-10-15)20(24)25-13-19(23)21-17-12-8-7-11-16(17)14(2)22/h4-12,18H,3,13H2,1-2H3,(H,21,23)/t18-/m1/s1. The molecule has 0 aliphatic heterocycles. The average Bonchev–Trinajstić information content (AvgIpc) is 2.65. The Morgan fingerprint density at radius 3 is 2.31 bits per heavy atom. The first-order valence-electron chi connectivity index (χ1n) is 8.29.